The number of amides is 1. The molecule has 1 aromatic carbocycles. The number of aliphatic hydroxyl groups is 1. The highest BCUT2D eigenvalue weighted by Crippen LogP contribution is 2.20. The molecule has 1 aliphatic heterocycles. The van der Waals surface area contributed by atoms with Gasteiger partial charge in [0.25, 0.3) is 11.5 Å². The average Bonchev–Trinajstić information content (AvgIpc) is 2.64. The van der Waals surface area contributed by atoms with Crippen LogP contribution >= 0.6 is 0 Å². The Bertz CT molecular complexity index is 786. The number of rotatable bonds is 4. The molecular weight excluding hydrogens is 318 g/mol. The first-order chi connectivity index (χ1) is 12.0. The van der Waals surface area contributed by atoms with Gasteiger partial charge in [0.1, 0.15) is 5.69 Å². The molecule has 0 bridgehead atoms. The van der Waals surface area contributed by atoms with Gasteiger partial charge in [-0.05, 0) is 31.4 Å². The predicted molar refractivity (Wildman–Crippen MR) is 94.3 cm³/mol. The summed E-state index contributed by atoms with van der Waals surface area (Å²) in [6.45, 7) is 3.27. The van der Waals surface area contributed by atoms with Gasteiger partial charge in [-0.1, -0.05) is 30.3 Å². The second-order valence-corrected chi connectivity index (χ2v) is 6.59. The number of benzene rings is 1. The van der Waals surface area contributed by atoms with Crippen molar-refractivity contribution in [1.29, 1.82) is 0 Å². The van der Waals surface area contributed by atoms with Gasteiger partial charge < -0.3 is 10.0 Å². The van der Waals surface area contributed by atoms with E-state index in [1.165, 1.54) is 16.8 Å². The summed E-state index contributed by atoms with van der Waals surface area (Å²) in [5.41, 5.74) is 0.983. The highest BCUT2D eigenvalue weighted by atomic mass is 16.3. The largest absolute Gasteiger partial charge is 0.393 e. The molecule has 1 amide bonds. The van der Waals surface area contributed by atoms with Crippen LogP contribution in [0.2, 0.25) is 0 Å². The zero-order chi connectivity index (χ0) is 17.8. The fraction of sp³-hybridized carbons (Fsp3) is 0.421. The second kappa shape index (κ2) is 7.61. The molecule has 1 fully saturated rings. The van der Waals surface area contributed by atoms with Crippen LogP contribution in [-0.2, 0) is 6.54 Å². The smallest absolute Gasteiger partial charge is 0.274 e. The molecule has 2 unspecified atom stereocenters. The van der Waals surface area contributed by atoms with E-state index in [1.807, 2.05) is 30.3 Å². The Kier molecular flexibility index (Phi) is 5.28. The van der Waals surface area contributed by atoms with E-state index in [0.717, 1.165) is 18.4 Å². The lowest BCUT2D eigenvalue weighted by molar-refractivity contribution is 0.0459. The Morgan fingerprint density at radius 3 is 2.76 bits per heavy atom. The number of likely N-dealkylation sites (tertiary alicyclic amines) is 1. The fourth-order valence-electron chi connectivity index (χ4n) is 3.18. The third kappa shape index (κ3) is 4.14. The Morgan fingerprint density at radius 2 is 2.04 bits per heavy atom. The molecule has 1 aromatic heterocycles. The molecule has 1 saturated heterocycles. The summed E-state index contributed by atoms with van der Waals surface area (Å²) in [6.07, 6.45) is 1.35. The maximum Gasteiger partial charge on any atom is 0.274 e. The van der Waals surface area contributed by atoms with Crippen molar-refractivity contribution >= 4 is 5.91 Å². The molecule has 132 valence electrons. The molecule has 2 atom stereocenters. The molecule has 0 saturated carbocycles. The van der Waals surface area contributed by atoms with Crippen LogP contribution in [0.3, 0.4) is 0 Å². The van der Waals surface area contributed by atoms with E-state index in [-0.39, 0.29) is 23.1 Å². The number of hydrogen-bond donors (Lipinski definition) is 1. The van der Waals surface area contributed by atoms with Gasteiger partial charge in [-0.25, -0.2) is 4.68 Å². The van der Waals surface area contributed by atoms with Gasteiger partial charge in [-0.3, -0.25) is 9.59 Å². The Labute approximate surface area is 146 Å². The van der Waals surface area contributed by atoms with Gasteiger partial charge in [0.2, 0.25) is 0 Å². The van der Waals surface area contributed by atoms with E-state index in [1.54, 1.807) is 11.8 Å². The molecule has 0 aliphatic carbocycles. The normalized spacial score (nSPS) is 18.8. The van der Waals surface area contributed by atoms with E-state index in [2.05, 4.69) is 5.10 Å². The minimum absolute atomic E-state index is 0.0907. The third-order valence-electron chi connectivity index (χ3n) is 4.69. The summed E-state index contributed by atoms with van der Waals surface area (Å²) in [5.74, 6) is -0.0971. The lowest BCUT2D eigenvalue weighted by Gasteiger charge is -2.33. The number of carbonyl (C=O) groups is 1. The zero-order valence-electron chi connectivity index (χ0n) is 14.3. The molecule has 2 aromatic rings. The second-order valence-electron chi connectivity index (χ2n) is 6.59. The first-order valence-corrected chi connectivity index (χ1v) is 8.64. The molecule has 6 nitrogen and oxygen atoms in total. The van der Waals surface area contributed by atoms with Gasteiger partial charge in [0.05, 0.1) is 12.6 Å². The molecular formula is C19H23N3O3. The van der Waals surface area contributed by atoms with Gasteiger partial charge in [0.15, 0.2) is 0 Å². The SMILES string of the molecule is CC(O)C1CCCN(C(=O)c2ccc(=O)n(Cc3ccccc3)n2)C1. The van der Waals surface area contributed by atoms with Crippen LogP contribution in [0.15, 0.2) is 47.3 Å². The van der Waals surface area contributed by atoms with Gasteiger partial charge in [0, 0.05) is 25.1 Å². The van der Waals surface area contributed by atoms with Crippen LogP contribution < -0.4 is 5.56 Å². The average molecular weight is 341 g/mol. The molecule has 2 heterocycles. The van der Waals surface area contributed by atoms with Crippen LogP contribution in [0.1, 0.15) is 35.8 Å². The third-order valence-corrected chi connectivity index (χ3v) is 4.69. The monoisotopic (exact) mass is 341 g/mol. The number of carbonyl (C=O) groups excluding carboxylic acids is 1. The van der Waals surface area contributed by atoms with Gasteiger partial charge >= 0.3 is 0 Å². The highest BCUT2D eigenvalue weighted by Gasteiger charge is 2.27. The maximum atomic E-state index is 12.8. The summed E-state index contributed by atoms with van der Waals surface area (Å²) in [5, 5.41) is 14.1. The number of aliphatic hydroxyl groups excluding tert-OH is 1. The highest BCUT2D eigenvalue weighted by molar-refractivity contribution is 5.92. The Hall–Kier alpha value is -2.47. The number of nitrogens with zero attached hydrogens (tertiary/aromatic N) is 3. The van der Waals surface area contributed by atoms with Crippen molar-refractivity contribution in [2.24, 2.45) is 5.92 Å². The minimum Gasteiger partial charge on any atom is -0.393 e. The minimum atomic E-state index is -0.435. The maximum absolute atomic E-state index is 12.8. The lowest BCUT2D eigenvalue weighted by Crippen LogP contribution is -2.43. The van der Waals surface area contributed by atoms with Crippen LogP contribution in [-0.4, -0.2) is 44.9 Å². The van der Waals surface area contributed by atoms with E-state index in [0.29, 0.717) is 19.6 Å². The standard InChI is InChI=1S/C19H23N3O3/c1-14(23)16-8-5-11-21(13-16)19(25)17-9-10-18(24)22(20-17)12-15-6-3-2-4-7-15/h2-4,6-7,9-10,14,16,23H,5,8,11-13H2,1H3. The summed E-state index contributed by atoms with van der Waals surface area (Å²) in [4.78, 5) is 26.5. The van der Waals surface area contributed by atoms with E-state index >= 15 is 0 Å². The molecule has 1 aliphatic rings. The predicted octanol–water partition coefficient (Wildman–Crippen LogP) is 1.52. The van der Waals surface area contributed by atoms with Gasteiger partial charge in [-0.2, -0.15) is 5.10 Å². The van der Waals surface area contributed by atoms with E-state index in [9.17, 15) is 14.7 Å². The molecule has 25 heavy (non-hydrogen) atoms. The molecule has 6 heteroatoms. The number of piperidine rings is 1. The van der Waals surface area contributed by atoms with Crippen molar-refractivity contribution in [2.45, 2.75) is 32.4 Å². The van der Waals surface area contributed by atoms with Crippen LogP contribution in [0.4, 0.5) is 0 Å². The summed E-state index contributed by atoms with van der Waals surface area (Å²) >= 11 is 0. The fourth-order valence-corrected chi connectivity index (χ4v) is 3.18. The zero-order valence-corrected chi connectivity index (χ0v) is 14.3. The van der Waals surface area contributed by atoms with Crippen molar-refractivity contribution in [1.82, 2.24) is 14.7 Å². The molecule has 3 rings (SSSR count). The van der Waals surface area contributed by atoms with Crippen LogP contribution in [0, 0.1) is 5.92 Å². The molecule has 1 N–H and O–H groups in total. The first kappa shape index (κ1) is 17.4. The Balaban J connectivity index is 1.79. The van der Waals surface area contributed by atoms with Crippen molar-refractivity contribution in [3.63, 3.8) is 0 Å². The topological polar surface area (TPSA) is 75.4 Å². The first-order valence-electron chi connectivity index (χ1n) is 8.64. The Morgan fingerprint density at radius 1 is 1.28 bits per heavy atom. The summed E-state index contributed by atoms with van der Waals surface area (Å²) < 4.78 is 1.32. The quantitative estimate of drug-likeness (QED) is 0.915. The van der Waals surface area contributed by atoms with Crippen molar-refractivity contribution < 1.29 is 9.90 Å². The van der Waals surface area contributed by atoms with Crippen LogP contribution in [0.5, 0.6) is 0 Å². The van der Waals surface area contributed by atoms with E-state index in [4.69, 9.17) is 0 Å². The number of hydrogen-bond acceptors (Lipinski definition) is 4. The van der Waals surface area contributed by atoms with E-state index < -0.39 is 6.10 Å². The van der Waals surface area contributed by atoms with Crippen molar-refractivity contribution in [3.05, 3.63) is 64.1 Å². The lowest BCUT2D eigenvalue weighted by atomic mass is 9.93. The number of aromatic nitrogens is 2. The summed E-state index contributed by atoms with van der Waals surface area (Å²) in [7, 11) is 0. The van der Waals surface area contributed by atoms with Gasteiger partial charge in [-0.15, -0.1) is 0 Å². The van der Waals surface area contributed by atoms with Crippen LogP contribution in [0.25, 0.3) is 0 Å². The van der Waals surface area contributed by atoms with Crippen molar-refractivity contribution in [3.8, 4) is 0 Å². The molecule has 0 spiro atoms. The van der Waals surface area contributed by atoms with Crippen molar-refractivity contribution in [2.75, 3.05) is 13.1 Å². The molecule has 0 radical (unpaired) electrons. The summed E-state index contributed by atoms with van der Waals surface area (Å²) in [6, 6.07) is 12.4.